The molecule has 0 atom stereocenters. The Hall–Kier alpha value is -1.61. The Morgan fingerprint density at radius 2 is 1.86 bits per heavy atom. The first-order chi connectivity index (χ1) is 10.2. The van der Waals surface area contributed by atoms with Crippen molar-refractivity contribution in [2.24, 2.45) is 5.73 Å². The van der Waals surface area contributed by atoms with Gasteiger partial charge in [-0.25, -0.2) is 0 Å². The molecule has 0 amide bonds. The summed E-state index contributed by atoms with van der Waals surface area (Å²) >= 11 is 0. The lowest BCUT2D eigenvalue weighted by Crippen LogP contribution is -2.41. The fraction of sp³-hybridized carbons (Fsp3) is 0.471. The van der Waals surface area contributed by atoms with Crippen molar-refractivity contribution in [3.05, 3.63) is 40.4 Å². The van der Waals surface area contributed by atoms with E-state index in [2.05, 4.69) is 6.07 Å². The fourth-order valence-corrected chi connectivity index (χ4v) is 2.31. The summed E-state index contributed by atoms with van der Waals surface area (Å²) in [5.74, 6) is 0. The lowest BCUT2D eigenvalue weighted by atomic mass is 9.77. The van der Waals surface area contributed by atoms with Crippen LogP contribution >= 0.6 is 0 Å². The average Bonchev–Trinajstić information content (AvgIpc) is 2.65. The molecule has 5 heteroatoms. The predicted molar refractivity (Wildman–Crippen MR) is 89.0 cm³/mol. The molecule has 0 radical (unpaired) electrons. The van der Waals surface area contributed by atoms with Gasteiger partial charge in [-0.3, -0.25) is 0 Å². The molecule has 1 aliphatic heterocycles. The number of hydrogen-bond donors (Lipinski definition) is 1. The van der Waals surface area contributed by atoms with E-state index in [1.807, 2.05) is 58.9 Å². The Bertz CT molecular complexity index is 629. The molecule has 0 bridgehead atoms. The first kappa shape index (κ1) is 16.8. The van der Waals surface area contributed by atoms with Crippen LogP contribution in [0, 0.1) is 18.3 Å². The first-order valence-corrected chi connectivity index (χ1v) is 7.47. The third-order valence-corrected chi connectivity index (χ3v) is 4.46. The summed E-state index contributed by atoms with van der Waals surface area (Å²) in [5, 5.41) is 9.29. The summed E-state index contributed by atoms with van der Waals surface area (Å²) in [6.45, 7) is 10.3. The number of benzene rings is 1. The largest absolute Gasteiger partial charge is 0.491 e. The number of aryl methyl sites for hydroxylation is 1. The molecule has 1 fully saturated rings. The Kier molecular flexibility index (Phi) is 4.48. The number of nitrogens with zero attached hydrogens (tertiary/aromatic N) is 1. The maximum atomic E-state index is 9.29. The van der Waals surface area contributed by atoms with Crippen molar-refractivity contribution >= 4 is 13.2 Å². The molecule has 1 aromatic rings. The number of hydrogen-bond acceptors (Lipinski definition) is 4. The molecule has 22 heavy (non-hydrogen) atoms. The van der Waals surface area contributed by atoms with Crippen LogP contribution in [0.2, 0.25) is 0 Å². The highest BCUT2D eigenvalue weighted by Gasteiger charge is 2.52. The van der Waals surface area contributed by atoms with Gasteiger partial charge in [0.2, 0.25) is 0 Å². The van der Waals surface area contributed by atoms with E-state index in [0.29, 0.717) is 12.1 Å². The van der Waals surface area contributed by atoms with Crippen LogP contribution in [0.3, 0.4) is 0 Å². The lowest BCUT2D eigenvalue weighted by molar-refractivity contribution is 0.00578. The number of nitriles is 1. The molecule has 0 spiro atoms. The van der Waals surface area contributed by atoms with Crippen LogP contribution in [-0.2, 0) is 9.31 Å². The van der Waals surface area contributed by atoms with Crippen molar-refractivity contribution in [2.45, 2.75) is 45.8 Å². The van der Waals surface area contributed by atoms with Gasteiger partial charge in [-0.2, -0.15) is 5.26 Å². The monoisotopic (exact) mass is 298 g/mol. The minimum atomic E-state index is -0.483. The summed E-state index contributed by atoms with van der Waals surface area (Å²) in [6, 6.07) is 7.99. The molecule has 2 rings (SSSR count). The van der Waals surface area contributed by atoms with E-state index in [4.69, 9.17) is 15.0 Å². The summed E-state index contributed by atoms with van der Waals surface area (Å²) in [7, 11) is -0.483. The summed E-state index contributed by atoms with van der Waals surface area (Å²) in [5.41, 5.74) is 8.43. The Balaban J connectivity index is 2.36. The minimum Gasteiger partial charge on any atom is -0.400 e. The van der Waals surface area contributed by atoms with Gasteiger partial charge in [0.1, 0.15) is 0 Å². The van der Waals surface area contributed by atoms with Crippen molar-refractivity contribution in [3.63, 3.8) is 0 Å². The minimum absolute atomic E-state index is 0.315. The molecule has 0 unspecified atom stereocenters. The zero-order valence-electron chi connectivity index (χ0n) is 13.9. The van der Waals surface area contributed by atoms with Gasteiger partial charge < -0.3 is 15.0 Å². The van der Waals surface area contributed by atoms with Gasteiger partial charge in [-0.1, -0.05) is 18.2 Å². The van der Waals surface area contributed by atoms with Gasteiger partial charge >= 0.3 is 7.12 Å². The molecule has 4 nitrogen and oxygen atoms in total. The molecule has 1 aliphatic rings. The molecule has 0 aromatic heterocycles. The van der Waals surface area contributed by atoms with Crippen LogP contribution in [0.4, 0.5) is 0 Å². The van der Waals surface area contributed by atoms with Gasteiger partial charge in [0.25, 0.3) is 0 Å². The molecule has 2 N–H and O–H groups in total. The molecule has 0 aliphatic carbocycles. The topological polar surface area (TPSA) is 68.3 Å². The average molecular weight is 298 g/mol. The van der Waals surface area contributed by atoms with E-state index in [1.54, 1.807) is 0 Å². The van der Waals surface area contributed by atoms with Crippen molar-refractivity contribution in [1.29, 1.82) is 5.26 Å². The molecule has 116 valence electrons. The fourth-order valence-electron chi connectivity index (χ4n) is 2.31. The highest BCUT2D eigenvalue weighted by atomic mass is 16.7. The Morgan fingerprint density at radius 3 is 2.36 bits per heavy atom. The summed E-state index contributed by atoms with van der Waals surface area (Å²) in [6.07, 6.45) is 1.90. The van der Waals surface area contributed by atoms with Crippen LogP contribution in [0.25, 0.3) is 6.08 Å². The summed E-state index contributed by atoms with van der Waals surface area (Å²) in [4.78, 5) is 0. The quantitative estimate of drug-likeness (QED) is 0.871. The van der Waals surface area contributed by atoms with Crippen molar-refractivity contribution < 1.29 is 9.31 Å². The molecule has 1 heterocycles. The van der Waals surface area contributed by atoms with Crippen LogP contribution in [0.5, 0.6) is 0 Å². The van der Waals surface area contributed by atoms with Gasteiger partial charge in [0.05, 0.1) is 22.8 Å². The lowest BCUT2D eigenvalue weighted by Gasteiger charge is -2.32. The normalized spacial score (nSPS) is 20.0. The zero-order valence-corrected chi connectivity index (χ0v) is 13.9. The SMILES string of the molecule is Cc1ccc(C=C(CN)B2OC(C)(C)C(C)(C)O2)c(C#N)c1. The molecule has 0 saturated carbocycles. The zero-order chi connectivity index (χ0) is 16.5. The molecular weight excluding hydrogens is 275 g/mol. The standard InChI is InChI=1S/C17H23BN2O2/c1-12-6-7-13(14(8-12)10-19)9-15(11-20)18-21-16(2,3)17(4,5)22-18/h6-9H,11,20H2,1-5H3. The van der Waals surface area contributed by atoms with Crippen LogP contribution < -0.4 is 5.73 Å². The highest BCUT2D eigenvalue weighted by molar-refractivity contribution is 6.55. The van der Waals surface area contributed by atoms with Crippen molar-refractivity contribution in [1.82, 2.24) is 0 Å². The number of nitrogens with two attached hydrogens (primary N) is 1. The highest BCUT2D eigenvalue weighted by Crippen LogP contribution is 2.38. The third kappa shape index (κ3) is 3.10. The van der Waals surface area contributed by atoms with E-state index >= 15 is 0 Å². The first-order valence-electron chi connectivity index (χ1n) is 7.47. The maximum absolute atomic E-state index is 9.29. The summed E-state index contributed by atoms with van der Waals surface area (Å²) < 4.78 is 12.1. The van der Waals surface area contributed by atoms with E-state index in [9.17, 15) is 5.26 Å². The molecule has 1 aromatic carbocycles. The van der Waals surface area contributed by atoms with Gasteiger partial charge in [-0.15, -0.1) is 0 Å². The van der Waals surface area contributed by atoms with E-state index in [-0.39, 0.29) is 0 Å². The smallest absolute Gasteiger partial charge is 0.400 e. The maximum Gasteiger partial charge on any atom is 0.491 e. The van der Waals surface area contributed by atoms with Crippen molar-refractivity contribution in [2.75, 3.05) is 6.54 Å². The second-order valence-corrected chi connectivity index (χ2v) is 6.71. The number of rotatable bonds is 3. The van der Waals surface area contributed by atoms with Crippen LogP contribution in [-0.4, -0.2) is 24.9 Å². The predicted octanol–water partition coefficient (Wildman–Crippen LogP) is 2.84. The van der Waals surface area contributed by atoms with Gasteiger partial charge in [0.15, 0.2) is 0 Å². The van der Waals surface area contributed by atoms with E-state index < -0.39 is 18.3 Å². The van der Waals surface area contributed by atoms with E-state index in [1.165, 1.54) is 0 Å². The van der Waals surface area contributed by atoms with Gasteiger partial charge in [0, 0.05) is 6.54 Å². The third-order valence-electron chi connectivity index (χ3n) is 4.46. The van der Waals surface area contributed by atoms with Crippen LogP contribution in [0.1, 0.15) is 44.4 Å². The second kappa shape index (κ2) is 5.88. The Morgan fingerprint density at radius 1 is 1.27 bits per heavy atom. The molecule has 1 saturated heterocycles. The Labute approximate surface area is 133 Å². The second-order valence-electron chi connectivity index (χ2n) is 6.71. The van der Waals surface area contributed by atoms with Crippen molar-refractivity contribution in [3.8, 4) is 6.07 Å². The van der Waals surface area contributed by atoms with Gasteiger partial charge in [-0.05, 0) is 57.3 Å². The molecular formula is C17H23BN2O2. The van der Waals surface area contributed by atoms with E-state index in [0.717, 1.165) is 16.6 Å². The van der Waals surface area contributed by atoms with Crippen LogP contribution in [0.15, 0.2) is 23.7 Å².